The van der Waals surface area contributed by atoms with E-state index in [1.165, 1.54) is 30.7 Å². The highest BCUT2D eigenvalue weighted by atomic mass is 32.1. The van der Waals surface area contributed by atoms with Crippen molar-refractivity contribution < 1.29 is 4.74 Å². The second-order valence-electron chi connectivity index (χ2n) is 4.77. The molecule has 0 aromatic carbocycles. The summed E-state index contributed by atoms with van der Waals surface area (Å²) in [6, 6.07) is 1.01. The van der Waals surface area contributed by atoms with E-state index in [0.29, 0.717) is 12.1 Å². The third-order valence-corrected chi connectivity index (χ3v) is 4.25. The smallest absolute Gasteiger partial charge is 0.110 e. The van der Waals surface area contributed by atoms with Gasteiger partial charge in [0.1, 0.15) is 5.01 Å². The van der Waals surface area contributed by atoms with E-state index in [1.807, 2.05) is 6.20 Å². The van der Waals surface area contributed by atoms with Crippen molar-refractivity contribution in [2.75, 3.05) is 13.2 Å². The van der Waals surface area contributed by atoms with Gasteiger partial charge in [-0.2, -0.15) is 0 Å². The van der Waals surface area contributed by atoms with Crippen LogP contribution in [-0.4, -0.2) is 24.2 Å². The standard InChI is InChI=1S/C12H18N2OS/c1-2-10(8-15-6-1)14-11(9-3-4-9)12-13-5-7-16-12/h5,7,9-11,14H,1-4,6,8H2. The maximum Gasteiger partial charge on any atom is 0.110 e. The van der Waals surface area contributed by atoms with Gasteiger partial charge in [-0.1, -0.05) is 0 Å². The van der Waals surface area contributed by atoms with Gasteiger partial charge in [-0.15, -0.1) is 11.3 Å². The van der Waals surface area contributed by atoms with Crippen molar-refractivity contribution in [1.29, 1.82) is 0 Å². The van der Waals surface area contributed by atoms with E-state index in [1.54, 1.807) is 11.3 Å². The van der Waals surface area contributed by atoms with Gasteiger partial charge in [0.05, 0.1) is 12.6 Å². The van der Waals surface area contributed by atoms with Gasteiger partial charge in [0.2, 0.25) is 0 Å². The molecular formula is C12H18N2OS. The molecule has 88 valence electrons. The molecule has 2 aliphatic rings. The molecule has 3 rings (SSSR count). The molecule has 2 heterocycles. The molecule has 2 fully saturated rings. The first kappa shape index (κ1) is 10.7. The van der Waals surface area contributed by atoms with Crippen molar-refractivity contribution in [3.8, 4) is 0 Å². The van der Waals surface area contributed by atoms with Gasteiger partial charge < -0.3 is 10.1 Å². The van der Waals surface area contributed by atoms with E-state index < -0.39 is 0 Å². The second kappa shape index (κ2) is 4.82. The maximum absolute atomic E-state index is 5.52. The Kier molecular flexibility index (Phi) is 3.22. The topological polar surface area (TPSA) is 34.1 Å². The van der Waals surface area contributed by atoms with Gasteiger partial charge in [0.15, 0.2) is 0 Å². The zero-order valence-corrected chi connectivity index (χ0v) is 10.2. The van der Waals surface area contributed by atoms with Crippen LogP contribution in [0.5, 0.6) is 0 Å². The summed E-state index contributed by atoms with van der Waals surface area (Å²) in [5.74, 6) is 0.813. The first-order chi connectivity index (χ1) is 7.93. The third-order valence-electron chi connectivity index (χ3n) is 3.39. The molecule has 0 spiro atoms. The van der Waals surface area contributed by atoms with E-state index >= 15 is 0 Å². The van der Waals surface area contributed by atoms with Gasteiger partial charge in [0, 0.05) is 24.2 Å². The number of rotatable bonds is 4. The number of hydrogen-bond acceptors (Lipinski definition) is 4. The number of nitrogens with zero attached hydrogens (tertiary/aromatic N) is 1. The van der Waals surface area contributed by atoms with Gasteiger partial charge in [-0.25, -0.2) is 4.98 Å². The first-order valence-electron chi connectivity index (χ1n) is 6.16. The molecule has 0 radical (unpaired) electrons. The Morgan fingerprint density at radius 3 is 3.00 bits per heavy atom. The van der Waals surface area contributed by atoms with Crippen molar-refractivity contribution in [3.05, 3.63) is 16.6 Å². The molecule has 1 saturated carbocycles. The van der Waals surface area contributed by atoms with Crippen LogP contribution in [-0.2, 0) is 4.74 Å². The minimum atomic E-state index is 0.478. The molecule has 2 unspecified atom stereocenters. The van der Waals surface area contributed by atoms with Crippen LogP contribution in [0.2, 0.25) is 0 Å². The summed E-state index contributed by atoms with van der Waals surface area (Å²) in [7, 11) is 0. The predicted octanol–water partition coefficient (Wildman–Crippen LogP) is 2.36. The van der Waals surface area contributed by atoms with Crippen molar-refractivity contribution in [2.24, 2.45) is 5.92 Å². The van der Waals surface area contributed by atoms with E-state index in [0.717, 1.165) is 19.1 Å². The van der Waals surface area contributed by atoms with E-state index in [9.17, 15) is 0 Å². The van der Waals surface area contributed by atoms with Crippen LogP contribution < -0.4 is 5.32 Å². The van der Waals surface area contributed by atoms with E-state index in [2.05, 4.69) is 15.7 Å². The van der Waals surface area contributed by atoms with Crippen molar-refractivity contribution in [2.45, 2.75) is 37.8 Å². The lowest BCUT2D eigenvalue weighted by Gasteiger charge is -2.27. The number of aromatic nitrogens is 1. The zero-order valence-electron chi connectivity index (χ0n) is 9.39. The maximum atomic E-state index is 5.52. The molecular weight excluding hydrogens is 220 g/mol. The lowest BCUT2D eigenvalue weighted by molar-refractivity contribution is 0.0651. The largest absolute Gasteiger partial charge is 0.380 e. The second-order valence-corrected chi connectivity index (χ2v) is 5.69. The highest BCUT2D eigenvalue weighted by molar-refractivity contribution is 7.09. The Bertz CT molecular complexity index is 318. The van der Waals surface area contributed by atoms with Gasteiger partial charge >= 0.3 is 0 Å². The Hall–Kier alpha value is -0.450. The summed E-state index contributed by atoms with van der Waals surface area (Å²) in [6.45, 7) is 1.80. The fraction of sp³-hybridized carbons (Fsp3) is 0.750. The SMILES string of the molecule is c1csc(C(NC2CCCOC2)C2CC2)n1. The van der Waals surface area contributed by atoms with Crippen LogP contribution in [0.3, 0.4) is 0 Å². The monoisotopic (exact) mass is 238 g/mol. The van der Waals surface area contributed by atoms with Crippen LogP contribution in [0.1, 0.15) is 36.7 Å². The van der Waals surface area contributed by atoms with Crippen LogP contribution in [0, 0.1) is 5.92 Å². The average molecular weight is 238 g/mol. The Labute approximate surface area is 100 Å². The van der Waals surface area contributed by atoms with Crippen molar-refractivity contribution in [3.63, 3.8) is 0 Å². The normalized spacial score (nSPS) is 27.9. The lowest BCUT2D eigenvalue weighted by Crippen LogP contribution is -2.39. The highest BCUT2D eigenvalue weighted by Gasteiger charge is 2.35. The molecule has 4 heteroatoms. The van der Waals surface area contributed by atoms with Crippen LogP contribution in [0.25, 0.3) is 0 Å². The Balaban J connectivity index is 1.64. The molecule has 0 amide bonds. The average Bonchev–Trinajstić information content (AvgIpc) is 3.02. The van der Waals surface area contributed by atoms with E-state index in [-0.39, 0.29) is 0 Å². The minimum Gasteiger partial charge on any atom is -0.380 e. The van der Waals surface area contributed by atoms with Crippen molar-refractivity contribution in [1.82, 2.24) is 10.3 Å². The molecule has 3 nitrogen and oxygen atoms in total. The summed E-state index contributed by atoms with van der Waals surface area (Å²) in [4.78, 5) is 4.46. The van der Waals surface area contributed by atoms with Gasteiger partial charge in [0.25, 0.3) is 0 Å². The zero-order chi connectivity index (χ0) is 10.8. The molecule has 2 atom stereocenters. The molecule has 1 aliphatic carbocycles. The number of ether oxygens (including phenoxy) is 1. The third kappa shape index (κ3) is 2.44. The summed E-state index contributed by atoms with van der Waals surface area (Å²) < 4.78 is 5.52. The van der Waals surface area contributed by atoms with Crippen LogP contribution in [0.4, 0.5) is 0 Å². The fourth-order valence-corrected chi connectivity index (χ4v) is 3.14. The molecule has 1 aliphatic heterocycles. The molecule has 0 bridgehead atoms. The number of nitrogens with one attached hydrogen (secondary N) is 1. The summed E-state index contributed by atoms with van der Waals surface area (Å²) in [5.41, 5.74) is 0. The fourth-order valence-electron chi connectivity index (χ4n) is 2.35. The minimum absolute atomic E-state index is 0.478. The molecule has 1 N–H and O–H groups in total. The van der Waals surface area contributed by atoms with Crippen molar-refractivity contribution >= 4 is 11.3 Å². The van der Waals surface area contributed by atoms with Gasteiger partial charge in [-0.3, -0.25) is 0 Å². The van der Waals surface area contributed by atoms with Crippen LogP contribution >= 0.6 is 11.3 Å². The lowest BCUT2D eigenvalue weighted by atomic mass is 10.1. The predicted molar refractivity (Wildman–Crippen MR) is 64.6 cm³/mol. The highest BCUT2D eigenvalue weighted by Crippen LogP contribution is 2.42. The first-order valence-corrected chi connectivity index (χ1v) is 7.04. The van der Waals surface area contributed by atoms with E-state index in [4.69, 9.17) is 4.74 Å². The Morgan fingerprint density at radius 1 is 1.44 bits per heavy atom. The molecule has 1 aromatic heterocycles. The van der Waals surface area contributed by atoms with Crippen LogP contribution in [0.15, 0.2) is 11.6 Å². The summed E-state index contributed by atoms with van der Waals surface area (Å²) in [5, 5.41) is 7.07. The summed E-state index contributed by atoms with van der Waals surface area (Å²) in [6.07, 6.45) is 7.05. The summed E-state index contributed by atoms with van der Waals surface area (Å²) >= 11 is 1.77. The molecule has 1 saturated heterocycles. The quantitative estimate of drug-likeness (QED) is 0.874. The molecule has 1 aromatic rings. The number of thiazole rings is 1. The van der Waals surface area contributed by atoms with Gasteiger partial charge in [-0.05, 0) is 31.6 Å². The molecule has 16 heavy (non-hydrogen) atoms. The Morgan fingerprint density at radius 2 is 2.38 bits per heavy atom. The number of hydrogen-bond donors (Lipinski definition) is 1.